The van der Waals surface area contributed by atoms with Gasteiger partial charge >= 0.3 is 6.18 Å². The molecule has 0 bridgehead atoms. The lowest BCUT2D eigenvalue weighted by atomic mass is 9.97. The highest BCUT2D eigenvalue weighted by atomic mass is 19.4. The Kier molecular flexibility index (Phi) is 4.68. The first-order chi connectivity index (χ1) is 9.90. The molecule has 0 aliphatic heterocycles. The zero-order valence-corrected chi connectivity index (χ0v) is 11.8. The van der Waals surface area contributed by atoms with E-state index in [2.05, 4.69) is 13.0 Å². The Morgan fingerprint density at radius 3 is 2.24 bits per heavy atom. The van der Waals surface area contributed by atoms with Gasteiger partial charge in [0.1, 0.15) is 0 Å². The molecular weight excluding hydrogens is 275 g/mol. The highest BCUT2D eigenvalue weighted by molar-refractivity contribution is 5.29. The van der Waals surface area contributed by atoms with Crippen LogP contribution < -0.4 is 5.73 Å². The van der Waals surface area contributed by atoms with Crippen LogP contribution in [0.15, 0.2) is 48.5 Å². The predicted octanol–water partition coefficient (Wildman–Crippen LogP) is 4.51. The molecule has 2 aromatic carbocycles. The van der Waals surface area contributed by atoms with Gasteiger partial charge in [-0.05, 0) is 41.7 Å². The number of rotatable bonds is 4. The quantitative estimate of drug-likeness (QED) is 0.882. The number of alkyl halides is 3. The molecular formula is C17H18F3N. The Bertz CT molecular complexity index is 588. The number of hydrogen-bond acceptors (Lipinski definition) is 1. The average molecular weight is 293 g/mol. The van der Waals surface area contributed by atoms with Crippen molar-refractivity contribution in [2.75, 3.05) is 0 Å². The summed E-state index contributed by atoms with van der Waals surface area (Å²) in [5.41, 5.74) is 8.54. The largest absolute Gasteiger partial charge is 0.416 e. The number of halogens is 3. The van der Waals surface area contributed by atoms with Crippen molar-refractivity contribution in [3.05, 3.63) is 70.8 Å². The van der Waals surface area contributed by atoms with E-state index in [9.17, 15) is 13.2 Å². The lowest BCUT2D eigenvalue weighted by Gasteiger charge is -2.14. The van der Waals surface area contributed by atoms with Gasteiger partial charge in [-0.2, -0.15) is 13.2 Å². The molecule has 0 spiro atoms. The summed E-state index contributed by atoms with van der Waals surface area (Å²) in [6.45, 7) is 2.07. The molecule has 2 N–H and O–H groups in total. The number of nitrogens with two attached hydrogens (primary N) is 1. The first-order valence-corrected chi connectivity index (χ1v) is 6.90. The summed E-state index contributed by atoms with van der Waals surface area (Å²) in [6.07, 6.45) is -2.84. The molecule has 1 nitrogen and oxygen atoms in total. The second-order valence-electron chi connectivity index (χ2n) is 5.10. The zero-order valence-electron chi connectivity index (χ0n) is 11.8. The van der Waals surface area contributed by atoms with Gasteiger partial charge in [-0.3, -0.25) is 0 Å². The molecule has 21 heavy (non-hydrogen) atoms. The number of hydrogen-bond donors (Lipinski definition) is 1. The molecule has 2 rings (SSSR count). The summed E-state index contributed by atoms with van der Waals surface area (Å²) < 4.78 is 37.5. The summed E-state index contributed by atoms with van der Waals surface area (Å²) in [7, 11) is 0. The average Bonchev–Trinajstić information content (AvgIpc) is 2.47. The fourth-order valence-electron chi connectivity index (χ4n) is 2.25. The van der Waals surface area contributed by atoms with Crippen LogP contribution in [0.1, 0.15) is 35.2 Å². The third-order valence-corrected chi connectivity index (χ3v) is 3.52. The maximum Gasteiger partial charge on any atom is 0.416 e. The van der Waals surface area contributed by atoms with E-state index in [0.29, 0.717) is 6.42 Å². The van der Waals surface area contributed by atoms with Crippen LogP contribution in [0.3, 0.4) is 0 Å². The molecule has 0 aliphatic carbocycles. The minimum Gasteiger partial charge on any atom is -0.324 e. The van der Waals surface area contributed by atoms with E-state index >= 15 is 0 Å². The van der Waals surface area contributed by atoms with E-state index in [1.807, 2.05) is 18.2 Å². The van der Waals surface area contributed by atoms with E-state index < -0.39 is 11.7 Å². The minimum absolute atomic E-state index is 0.215. The van der Waals surface area contributed by atoms with Gasteiger partial charge in [-0.25, -0.2) is 0 Å². The molecule has 1 unspecified atom stereocenters. The second kappa shape index (κ2) is 6.31. The van der Waals surface area contributed by atoms with Crippen LogP contribution in [0.25, 0.3) is 0 Å². The van der Waals surface area contributed by atoms with Crippen molar-refractivity contribution in [2.24, 2.45) is 5.73 Å². The molecule has 0 aromatic heterocycles. The van der Waals surface area contributed by atoms with Crippen LogP contribution in [-0.2, 0) is 19.0 Å². The van der Waals surface area contributed by atoms with Crippen molar-refractivity contribution in [1.82, 2.24) is 0 Å². The van der Waals surface area contributed by atoms with Crippen molar-refractivity contribution in [2.45, 2.75) is 32.0 Å². The van der Waals surface area contributed by atoms with E-state index in [-0.39, 0.29) is 6.04 Å². The Morgan fingerprint density at radius 2 is 1.67 bits per heavy atom. The molecule has 0 fully saturated rings. The SMILES string of the molecule is CCc1cccc(C(N)Cc2ccc(C(F)(F)F)cc2)c1. The third-order valence-electron chi connectivity index (χ3n) is 3.52. The summed E-state index contributed by atoms with van der Waals surface area (Å²) in [6, 6.07) is 13.0. The lowest BCUT2D eigenvalue weighted by molar-refractivity contribution is -0.137. The van der Waals surface area contributed by atoms with Crippen LogP contribution in [-0.4, -0.2) is 0 Å². The number of benzene rings is 2. The molecule has 0 radical (unpaired) electrons. The third kappa shape index (κ3) is 4.08. The van der Waals surface area contributed by atoms with E-state index in [1.165, 1.54) is 17.7 Å². The first kappa shape index (κ1) is 15.6. The van der Waals surface area contributed by atoms with Crippen LogP contribution >= 0.6 is 0 Å². The summed E-state index contributed by atoms with van der Waals surface area (Å²) in [5, 5.41) is 0. The van der Waals surface area contributed by atoms with Crippen LogP contribution in [0.4, 0.5) is 13.2 Å². The van der Waals surface area contributed by atoms with Gasteiger partial charge in [0.05, 0.1) is 5.56 Å². The Balaban J connectivity index is 2.10. The van der Waals surface area contributed by atoms with Gasteiger partial charge in [0.2, 0.25) is 0 Å². The molecule has 0 aliphatic rings. The molecule has 1 atom stereocenters. The normalized spacial score (nSPS) is 13.2. The van der Waals surface area contributed by atoms with Crippen molar-refractivity contribution in [3.63, 3.8) is 0 Å². The molecule has 2 aromatic rings. The summed E-state index contributed by atoms with van der Waals surface area (Å²) >= 11 is 0. The number of aryl methyl sites for hydroxylation is 1. The van der Waals surface area contributed by atoms with Crippen molar-refractivity contribution >= 4 is 0 Å². The first-order valence-electron chi connectivity index (χ1n) is 6.90. The molecule has 0 saturated carbocycles. The monoisotopic (exact) mass is 293 g/mol. The van der Waals surface area contributed by atoms with Gasteiger partial charge < -0.3 is 5.73 Å². The van der Waals surface area contributed by atoms with Gasteiger partial charge in [0.15, 0.2) is 0 Å². The van der Waals surface area contributed by atoms with Crippen LogP contribution in [0.2, 0.25) is 0 Å². The van der Waals surface area contributed by atoms with Crippen LogP contribution in [0.5, 0.6) is 0 Å². The maximum absolute atomic E-state index is 12.5. The molecule has 4 heteroatoms. The Morgan fingerprint density at radius 1 is 1.00 bits per heavy atom. The van der Waals surface area contributed by atoms with Gasteiger partial charge in [-0.1, -0.05) is 43.3 Å². The van der Waals surface area contributed by atoms with Crippen molar-refractivity contribution in [3.8, 4) is 0 Å². The molecule has 0 amide bonds. The maximum atomic E-state index is 12.5. The Hall–Kier alpha value is -1.81. The fraction of sp³-hybridized carbons (Fsp3) is 0.294. The van der Waals surface area contributed by atoms with Crippen molar-refractivity contribution in [1.29, 1.82) is 0 Å². The van der Waals surface area contributed by atoms with Gasteiger partial charge in [0.25, 0.3) is 0 Å². The molecule has 0 saturated heterocycles. The topological polar surface area (TPSA) is 26.0 Å². The zero-order chi connectivity index (χ0) is 15.5. The standard InChI is InChI=1S/C17H18F3N/c1-2-12-4-3-5-14(10-12)16(21)11-13-6-8-15(9-7-13)17(18,19)20/h3-10,16H,2,11,21H2,1H3. The highest BCUT2D eigenvalue weighted by Gasteiger charge is 2.29. The lowest BCUT2D eigenvalue weighted by Crippen LogP contribution is -2.14. The van der Waals surface area contributed by atoms with Gasteiger partial charge in [0, 0.05) is 6.04 Å². The smallest absolute Gasteiger partial charge is 0.324 e. The predicted molar refractivity (Wildman–Crippen MR) is 77.9 cm³/mol. The van der Waals surface area contributed by atoms with E-state index in [4.69, 9.17) is 5.73 Å². The van der Waals surface area contributed by atoms with Crippen molar-refractivity contribution < 1.29 is 13.2 Å². The minimum atomic E-state index is -4.30. The highest BCUT2D eigenvalue weighted by Crippen LogP contribution is 2.29. The Labute approximate surface area is 122 Å². The van der Waals surface area contributed by atoms with E-state index in [1.54, 1.807) is 0 Å². The van der Waals surface area contributed by atoms with Crippen LogP contribution in [0, 0.1) is 0 Å². The summed E-state index contributed by atoms with van der Waals surface area (Å²) in [5.74, 6) is 0. The summed E-state index contributed by atoms with van der Waals surface area (Å²) in [4.78, 5) is 0. The van der Waals surface area contributed by atoms with E-state index in [0.717, 1.165) is 29.7 Å². The second-order valence-corrected chi connectivity index (χ2v) is 5.10. The fourth-order valence-corrected chi connectivity index (χ4v) is 2.25. The molecule has 0 heterocycles. The van der Waals surface area contributed by atoms with Gasteiger partial charge in [-0.15, -0.1) is 0 Å². The molecule has 112 valence electrons.